The van der Waals surface area contributed by atoms with Crippen molar-refractivity contribution < 1.29 is 4.42 Å². The van der Waals surface area contributed by atoms with E-state index in [-0.39, 0.29) is 0 Å². The molecule has 0 saturated heterocycles. The molecule has 1 fully saturated rings. The molecule has 1 aliphatic carbocycles. The molecule has 3 heteroatoms. The zero-order chi connectivity index (χ0) is 11.2. The van der Waals surface area contributed by atoms with E-state index in [0.29, 0.717) is 0 Å². The molecule has 1 saturated carbocycles. The monoisotopic (exact) mass is 222 g/mol. The van der Waals surface area contributed by atoms with E-state index >= 15 is 0 Å². The minimum atomic E-state index is 0.750. The molecule has 0 radical (unpaired) electrons. The normalized spacial score (nSPS) is 17.1. The fourth-order valence-corrected chi connectivity index (χ4v) is 2.42. The Balaban J connectivity index is 1.73. The van der Waals surface area contributed by atoms with Gasteiger partial charge in [0, 0.05) is 6.42 Å². The lowest BCUT2D eigenvalue weighted by Crippen LogP contribution is -2.11. The van der Waals surface area contributed by atoms with E-state index < -0.39 is 0 Å². The third-order valence-electron chi connectivity index (χ3n) is 3.40. The highest BCUT2D eigenvalue weighted by molar-refractivity contribution is 4.94. The van der Waals surface area contributed by atoms with Crippen LogP contribution in [0.5, 0.6) is 0 Å². The van der Waals surface area contributed by atoms with Crippen LogP contribution < -0.4 is 5.32 Å². The Hall–Kier alpha value is -0.830. The lowest BCUT2D eigenvalue weighted by molar-refractivity contribution is 0.413. The third kappa shape index (κ3) is 3.34. The van der Waals surface area contributed by atoms with Crippen molar-refractivity contribution in [3.63, 3.8) is 0 Å². The molecule has 0 aliphatic heterocycles. The number of nitrogens with one attached hydrogen (secondary N) is 1. The average molecular weight is 222 g/mol. The van der Waals surface area contributed by atoms with E-state index in [2.05, 4.69) is 17.2 Å². The minimum Gasteiger partial charge on any atom is -0.444 e. The standard InChI is InChI=1S/C13H22N2O/c1-2-14-10-13-15-9-12(16-13)8-7-11-5-3-4-6-11/h9,11,14H,2-8,10H2,1H3. The van der Waals surface area contributed by atoms with Crippen LogP contribution in [0.2, 0.25) is 0 Å². The summed E-state index contributed by atoms with van der Waals surface area (Å²) in [7, 11) is 0. The second-order valence-electron chi connectivity index (χ2n) is 4.69. The molecular formula is C13H22N2O. The van der Waals surface area contributed by atoms with Crippen LogP contribution in [0.4, 0.5) is 0 Å². The molecule has 0 spiro atoms. The van der Waals surface area contributed by atoms with E-state index in [4.69, 9.17) is 4.42 Å². The van der Waals surface area contributed by atoms with Crippen LogP contribution in [0.25, 0.3) is 0 Å². The van der Waals surface area contributed by atoms with Crippen molar-refractivity contribution >= 4 is 0 Å². The predicted octanol–water partition coefficient (Wildman–Crippen LogP) is 2.91. The zero-order valence-electron chi connectivity index (χ0n) is 10.2. The van der Waals surface area contributed by atoms with Gasteiger partial charge in [-0.15, -0.1) is 0 Å². The molecule has 3 nitrogen and oxygen atoms in total. The Morgan fingerprint density at radius 2 is 2.25 bits per heavy atom. The highest BCUT2D eigenvalue weighted by atomic mass is 16.4. The lowest BCUT2D eigenvalue weighted by Gasteiger charge is -2.05. The maximum absolute atomic E-state index is 5.67. The third-order valence-corrected chi connectivity index (χ3v) is 3.40. The van der Waals surface area contributed by atoms with E-state index in [1.165, 1.54) is 32.1 Å². The molecule has 90 valence electrons. The van der Waals surface area contributed by atoms with Gasteiger partial charge in [0.2, 0.25) is 5.89 Å². The zero-order valence-corrected chi connectivity index (χ0v) is 10.2. The number of hydrogen-bond donors (Lipinski definition) is 1. The number of nitrogens with zero attached hydrogens (tertiary/aromatic N) is 1. The van der Waals surface area contributed by atoms with Crippen LogP contribution in [0.1, 0.15) is 50.7 Å². The summed E-state index contributed by atoms with van der Waals surface area (Å²) in [6, 6.07) is 0. The molecule has 0 aromatic carbocycles. The summed E-state index contributed by atoms with van der Waals surface area (Å²) >= 11 is 0. The van der Waals surface area contributed by atoms with Gasteiger partial charge in [-0.2, -0.15) is 0 Å². The highest BCUT2D eigenvalue weighted by Crippen LogP contribution is 2.28. The Bertz CT molecular complexity index is 303. The number of rotatable bonds is 6. The Morgan fingerprint density at radius 3 is 3.00 bits per heavy atom. The number of aromatic nitrogens is 1. The first-order chi connectivity index (χ1) is 7.88. The Labute approximate surface area is 97.6 Å². The van der Waals surface area contributed by atoms with Crippen LogP contribution in [0, 0.1) is 5.92 Å². The van der Waals surface area contributed by atoms with Crippen molar-refractivity contribution in [1.29, 1.82) is 0 Å². The van der Waals surface area contributed by atoms with Crippen LogP contribution in [-0.2, 0) is 13.0 Å². The van der Waals surface area contributed by atoms with E-state index in [0.717, 1.165) is 37.1 Å². The van der Waals surface area contributed by atoms with Gasteiger partial charge >= 0.3 is 0 Å². The molecule has 0 bridgehead atoms. The summed E-state index contributed by atoms with van der Waals surface area (Å²) in [6.45, 7) is 3.80. The first-order valence-electron chi connectivity index (χ1n) is 6.52. The number of hydrogen-bond acceptors (Lipinski definition) is 3. The van der Waals surface area contributed by atoms with Crippen molar-refractivity contribution in [3.8, 4) is 0 Å². The average Bonchev–Trinajstić information content (AvgIpc) is 2.95. The Kier molecular flexibility index (Phi) is 4.40. The SMILES string of the molecule is CCNCc1ncc(CCC2CCCC2)o1. The fraction of sp³-hybridized carbons (Fsp3) is 0.769. The van der Waals surface area contributed by atoms with Crippen molar-refractivity contribution in [2.75, 3.05) is 6.54 Å². The second-order valence-corrected chi connectivity index (χ2v) is 4.69. The lowest BCUT2D eigenvalue weighted by atomic mass is 10.0. The van der Waals surface area contributed by atoms with Gasteiger partial charge in [0.25, 0.3) is 0 Å². The maximum atomic E-state index is 5.67. The van der Waals surface area contributed by atoms with Gasteiger partial charge in [-0.25, -0.2) is 4.98 Å². The van der Waals surface area contributed by atoms with E-state index in [1.807, 2.05) is 6.20 Å². The summed E-state index contributed by atoms with van der Waals surface area (Å²) in [6.07, 6.45) is 9.90. The van der Waals surface area contributed by atoms with Crippen molar-refractivity contribution in [3.05, 3.63) is 17.8 Å². The van der Waals surface area contributed by atoms with E-state index in [9.17, 15) is 0 Å². The largest absolute Gasteiger partial charge is 0.444 e. The molecule has 1 N–H and O–H groups in total. The van der Waals surface area contributed by atoms with Crippen LogP contribution >= 0.6 is 0 Å². The Morgan fingerprint density at radius 1 is 1.44 bits per heavy atom. The summed E-state index contributed by atoms with van der Waals surface area (Å²) in [5.74, 6) is 2.81. The molecule has 0 atom stereocenters. The molecule has 1 aromatic rings. The van der Waals surface area contributed by atoms with Gasteiger partial charge in [0.1, 0.15) is 5.76 Å². The maximum Gasteiger partial charge on any atom is 0.208 e. The highest BCUT2D eigenvalue weighted by Gasteiger charge is 2.15. The first kappa shape index (κ1) is 11.6. The minimum absolute atomic E-state index is 0.750. The van der Waals surface area contributed by atoms with Crippen LogP contribution in [-0.4, -0.2) is 11.5 Å². The molecule has 1 aromatic heterocycles. The number of aryl methyl sites for hydroxylation is 1. The topological polar surface area (TPSA) is 38.1 Å². The summed E-state index contributed by atoms with van der Waals surface area (Å²) in [5.41, 5.74) is 0. The van der Waals surface area contributed by atoms with Crippen molar-refractivity contribution in [2.24, 2.45) is 5.92 Å². The van der Waals surface area contributed by atoms with Crippen molar-refractivity contribution in [2.45, 2.75) is 52.0 Å². The molecule has 1 heterocycles. The summed E-state index contributed by atoms with van der Waals surface area (Å²) < 4.78 is 5.67. The fourth-order valence-electron chi connectivity index (χ4n) is 2.42. The molecule has 1 aliphatic rings. The predicted molar refractivity (Wildman–Crippen MR) is 64.2 cm³/mol. The number of oxazole rings is 1. The molecular weight excluding hydrogens is 200 g/mol. The van der Waals surface area contributed by atoms with Crippen molar-refractivity contribution in [1.82, 2.24) is 10.3 Å². The first-order valence-corrected chi connectivity index (χ1v) is 6.52. The van der Waals surface area contributed by atoms with Gasteiger partial charge in [0.05, 0.1) is 12.7 Å². The van der Waals surface area contributed by atoms with Crippen LogP contribution in [0.3, 0.4) is 0 Å². The molecule has 0 amide bonds. The quantitative estimate of drug-likeness (QED) is 0.804. The molecule has 0 unspecified atom stereocenters. The summed E-state index contributed by atoms with van der Waals surface area (Å²) in [4.78, 5) is 4.27. The molecule has 16 heavy (non-hydrogen) atoms. The smallest absolute Gasteiger partial charge is 0.208 e. The second kappa shape index (κ2) is 6.04. The van der Waals surface area contributed by atoms with Gasteiger partial charge < -0.3 is 9.73 Å². The molecule has 2 rings (SSSR count). The van der Waals surface area contributed by atoms with Gasteiger partial charge in [-0.3, -0.25) is 0 Å². The van der Waals surface area contributed by atoms with Gasteiger partial charge in [-0.1, -0.05) is 32.6 Å². The van der Waals surface area contributed by atoms with Gasteiger partial charge in [0.15, 0.2) is 0 Å². The van der Waals surface area contributed by atoms with Gasteiger partial charge in [-0.05, 0) is 18.9 Å². The summed E-state index contributed by atoms with van der Waals surface area (Å²) in [5, 5.41) is 3.22. The van der Waals surface area contributed by atoms with E-state index in [1.54, 1.807) is 0 Å². The van der Waals surface area contributed by atoms with Crippen LogP contribution in [0.15, 0.2) is 10.6 Å².